The van der Waals surface area contributed by atoms with Gasteiger partial charge in [-0.15, -0.1) is 0 Å². The van der Waals surface area contributed by atoms with Gasteiger partial charge in [0.2, 0.25) is 11.8 Å². The van der Waals surface area contributed by atoms with Gasteiger partial charge in [0.25, 0.3) is 0 Å². The number of ether oxygens (including phenoxy) is 1. The van der Waals surface area contributed by atoms with Crippen molar-refractivity contribution in [3.8, 4) is 0 Å². The molecule has 0 aromatic rings. The molecule has 3 N–H and O–H groups in total. The van der Waals surface area contributed by atoms with Gasteiger partial charge in [-0.05, 0) is 58.3 Å². The van der Waals surface area contributed by atoms with Crippen LogP contribution in [0, 0.1) is 5.41 Å². The summed E-state index contributed by atoms with van der Waals surface area (Å²) >= 11 is 0. The first kappa shape index (κ1) is 21.7. The molecule has 0 spiro atoms. The third-order valence-corrected chi connectivity index (χ3v) is 6.45. The van der Waals surface area contributed by atoms with Crippen LogP contribution in [-0.2, 0) is 19.1 Å². The van der Waals surface area contributed by atoms with Crippen molar-refractivity contribution in [2.24, 2.45) is 11.1 Å². The van der Waals surface area contributed by atoms with Crippen LogP contribution in [0.2, 0.25) is 0 Å². The molecule has 2 heterocycles. The number of esters is 1. The molecular formula is C20H35N3O4. The molecule has 2 amide bonds. The molecular weight excluding hydrogens is 346 g/mol. The van der Waals surface area contributed by atoms with Crippen molar-refractivity contribution in [3.63, 3.8) is 0 Å². The number of primary amides is 1. The molecule has 154 valence electrons. The number of nitrogens with one attached hydrogen (secondary N) is 1. The maximum absolute atomic E-state index is 13.4. The summed E-state index contributed by atoms with van der Waals surface area (Å²) in [5.74, 6) is -0.958. The predicted octanol–water partition coefficient (Wildman–Crippen LogP) is 1.73. The van der Waals surface area contributed by atoms with Crippen molar-refractivity contribution < 1.29 is 19.1 Å². The Morgan fingerprint density at radius 2 is 1.78 bits per heavy atom. The molecule has 0 unspecified atom stereocenters. The number of fused-ring (bicyclic) bond motifs is 3. The largest absolute Gasteiger partial charge is 0.465 e. The van der Waals surface area contributed by atoms with Gasteiger partial charge >= 0.3 is 5.97 Å². The van der Waals surface area contributed by atoms with E-state index in [4.69, 9.17) is 10.5 Å². The van der Waals surface area contributed by atoms with E-state index >= 15 is 0 Å². The number of nitrogens with two attached hydrogens (primary N) is 1. The Bertz CT molecular complexity index is 584. The van der Waals surface area contributed by atoms with Gasteiger partial charge in [-0.3, -0.25) is 19.7 Å². The van der Waals surface area contributed by atoms with Gasteiger partial charge in [-0.1, -0.05) is 20.3 Å². The fraction of sp³-hybridized carbons (Fsp3) is 0.850. The topological polar surface area (TPSA) is 102 Å². The van der Waals surface area contributed by atoms with Gasteiger partial charge in [-0.2, -0.15) is 0 Å². The van der Waals surface area contributed by atoms with Gasteiger partial charge in [0.1, 0.15) is 12.1 Å². The van der Waals surface area contributed by atoms with Crippen LogP contribution < -0.4 is 11.1 Å². The summed E-state index contributed by atoms with van der Waals surface area (Å²) in [6.07, 6.45) is 4.89. The van der Waals surface area contributed by atoms with E-state index in [0.29, 0.717) is 13.0 Å². The first-order valence-corrected chi connectivity index (χ1v) is 10.1. The molecule has 2 bridgehead atoms. The first-order valence-electron chi connectivity index (χ1n) is 10.1. The number of hydrogen-bond acceptors (Lipinski definition) is 5. The van der Waals surface area contributed by atoms with E-state index in [1.807, 2.05) is 13.8 Å². The van der Waals surface area contributed by atoms with Crippen molar-refractivity contribution in [2.75, 3.05) is 6.61 Å². The number of amides is 2. The molecule has 0 aromatic heterocycles. The lowest BCUT2D eigenvalue weighted by Crippen LogP contribution is -2.72. The van der Waals surface area contributed by atoms with Gasteiger partial charge in [0.05, 0.1) is 12.6 Å². The minimum absolute atomic E-state index is 0.169. The third-order valence-electron chi connectivity index (χ3n) is 6.45. The van der Waals surface area contributed by atoms with Crippen molar-refractivity contribution in [2.45, 2.75) is 96.8 Å². The standard InChI is InChI=1S/C20H35N3O4/c1-6-8-14(18(26)27-7-2)22-13(3)17(25)23-15(16(21)24)19(4)9-11-20(23,5)12-10-19/h13-15,22H,6-12H2,1-5H3,(H2,21,24)/t13-,14-,15+,19?,20?/m0/s1. The number of carbonyl (C=O) groups is 3. The van der Waals surface area contributed by atoms with Crippen molar-refractivity contribution in [3.05, 3.63) is 0 Å². The SMILES string of the molecule is CCC[C@H](N[C@@H](C)C(=O)N1[C@H](C(N)=O)C2(C)CCC1(C)CC2)C(=O)OCC. The van der Waals surface area contributed by atoms with E-state index in [9.17, 15) is 14.4 Å². The molecule has 7 heteroatoms. The fourth-order valence-electron chi connectivity index (χ4n) is 4.74. The molecule has 3 aliphatic rings. The van der Waals surface area contributed by atoms with Gasteiger partial charge in [-0.25, -0.2) is 0 Å². The summed E-state index contributed by atoms with van der Waals surface area (Å²) in [4.78, 5) is 39.6. The van der Waals surface area contributed by atoms with Crippen LogP contribution in [0.4, 0.5) is 0 Å². The molecule has 2 saturated heterocycles. The minimum Gasteiger partial charge on any atom is -0.465 e. The lowest BCUT2D eigenvalue weighted by atomic mass is 9.58. The van der Waals surface area contributed by atoms with Crippen LogP contribution in [0.5, 0.6) is 0 Å². The van der Waals surface area contributed by atoms with Crippen molar-refractivity contribution in [1.82, 2.24) is 10.2 Å². The lowest BCUT2D eigenvalue weighted by molar-refractivity contribution is -0.173. The maximum atomic E-state index is 13.4. The molecule has 0 radical (unpaired) electrons. The average molecular weight is 382 g/mol. The Labute approximate surface area is 162 Å². The second-order valence-corrected chi connectivity index (χ2v) is 8.65. The summed E-state index contributed by atoms with van der Waals surface area (Å²) in [6, 6.07) is -1.74. The predicted molar refractivity (Wildman–Crippen MR) is 103 cm³/mol. The molecule has 27 heavy (non-hydrogen) atoms. The molecule has 1 saturated carbocycles. The molecule has 3 rings (SSSR count). The second-order valence-electron chi connectivity index (χ2n) is 8.65. The van der Waals surface area contributed by atoms with Gasteiger partial charge in [0, 0.05) is 5.54 Å². The fourth-order valence-corrected chi connectivity index (χ4v) is 4.74. The summed E-state index contributed by atoms with van der Waals surface area (Å²) in [6.45, 7) is 9.89. The summed E-state index contributed by atoms with van der Waals surface area (Å²) in [5.41, 5.74) is 5.09. The van der Waals surface area contributed by atoms with Crippen molar-refractivity contribution >= 4 is 17.8 Å². The van der Waals surface area contributed by atoms with Crippen molar-refractivity contribution in [1.29, 1.82) is 0 Å². The highest BCUT2D eigenvalue weighted by molar-refractivity contribution is 5.91. The molecule has 3 fully saturated rings. The van der Waals surface area contributed by atoms with E-state index < -0.39 is 24.0 Å². The summed E-state index contributed by atoms with van der Waals surface area (Å²) in [5, 5.41) is 3.13. The Kier molecular flexibility index (Phi) is 6.55. The Balaban J connectivity index is 2.22. The third kappa shape index (κ3) is 4.13. The van der Waals surface area contributed by atoms with Crippen LogP contribution >= 0.6 is 0 Å². The summed E-state index contributed by atoms with van der Waals surface area (Å²) in [7, 11) is 0. The van der Waals surface area contributed by atoms with Crippen LogP contribution in [0.25, 0.3) is 0 Å². The highest BCUT2D eigenvalue weighted by Crippen LogP contribution is 2.53. The number of piperidine rings is 2. The quantitative estimate of drug-likeness (QED) is 0.624. The average Bonchev–Trinajstić information content (AvgIpc) is 2.61. The highest BCUT2D eigenvalue weighted by Gasteiger charge is 2.59. The zero-order valence-corrected chi connectivity index (χ0v) is 17.3. The highest BCUT2D eigenvalue weighted by atomic mass is 16.5. The normalized spacial score (nSPS) is 32.0. The Hall–Kier alpha value is -1.63. The molecule has 2 aliphatic heterocycles. The monoisotopic (exact) mass is 381 g/mol. The number of carbonyl (C=O) groups excluding carboxylic acids is 3. The van der Waals surface area contributed by atoms with E-state index in [1.165, 1.54) is 0 Å². The molecule has 1 aliphatic carbocycles. The van der Waals surface area contributed by atoms with E-state index in [-0.39, 0.29) is 22.8 Å². The second kappa shape index (κ2) is 8.17. The first-order chi connectivity index (χ1) is 12.6. The molecule has 0 aromatic carbocycles. The van der Waals surface area contributed by atoms with E-state index in [2.05, 4.69) is 12.2 Å². The van der Waals surface area contributed by atoms with Crippen LogP contribution in [-0.4, -0.2) is 53.0 Å². The molecule has 3 atom stereocenters. The Morgan fingerprint density at radius 3 is 2.26 bits per heavy atom. The Morgan fingerprint density at radius 1 is 1.19 bits per heavy atom. The zero-order valence-electron chi connectivity index (χ0n) is 17.3. The minimum atomic E-state index is -0.604. The summed E-state index contributed by atoms with van der Waals surface area (Å²) < 4.78 is 5.13. The van der Waals surface area contributed by atoms with Gasteiger partial charge in [0.15, 0.2) is 0 Å². The smallest absolute Gasteiger partial charge is 0.323 e. The van der Waals surface area contributed by atoms with Crippen LogP contribution in [0.3, 0.4) is 0 Å². The number of nitrogens with zero attached hydrogens (tertiary/aromatic N) is 1. The van der Waals surface area contributed by atoms with Crippen LogP contribution in [0.15, 0.2) is 0 Å². The van der Waals surface area contributed by atoms with E-state index in [1.54, 1.807) is 18.7 Å². The molecule has 7 nitrogen and oxygen atoms in total. The number of rotatable bonds is 8. The van der Waals surface area contributed by atoms with Gasteiger partial charge < -0.3 is 15.4 Å². The van der Waals surface area contributed by atoms with E-state index in [0.717, 1.165) is 32.1 Å². The zero-order chi connectivity index (χ0) is 20.4. The van der Waals surface area contributed by atoms with Crippen LogP contribution in [0.1, 0.15) is 73.1 Å². The maximum Gasteiger partial charge on any atom is 0.323 e. The number of hydrogen-bond donors (Lipinski definition) is 2. The lowest BCUT2D eigenvalue weighted by Gasteiger charge is -2.61.